The molecule has 1 amide bonds. The Morgan fingerprint density at radius 2 is 2.12 bits per heavy atom. The van der Waals surface area contributed by atoms with Crippen LogP contribution in [0.4, 0.5) is 0 Å². The smallest absolute Gasteiger partial charge is 0.326 e. The van der Waals surface area contributed by atoms with Gasteiger partial charge in [0.2, 0.25) is 5.91 Å². The Morgan fingerprint density at radius 1 is 1.44 bits per heavy atom. The van der Waals surface area contributed by atoms with Gasteiger partial charge in [0, 0.05) is 13.3 Å². The van der Waals surface area contributed by atoms with Gasteiger partial charge < -0.3 is 10.4 Å². The second-order valence-electron chi connectivity index (χ2n) is 3.78. The Bertz CT molecular complexity index is 401. The molecule has 0 heterocycles. The van der Waals surface area contributed by atoms with E-state index in [0.717, 1.165) is 11.1 Å². The fourth-order valence-electron chi connectivity index (χ4n) is 1.52. The van der Waals surface area contributed by atoms with Gasteiger partial charge in [0.05, 0.1) is 0 Å². The van der Waals surface area contributed by atoms with Crippen LogP contribution in [-0.4, -0.2) is 23.0 Å². The van der Waals surface area contributed by atoms with Crippen LogP contribution < -0.4 is 5.32 Å². The number of benzene rings is 1. The van der Waals surface area contributed by atoms with Crippen molar-refractivity contribution in [3.63, 3.8) is 0 Å². The van der Waals surface area contributed by atoms with Crippen molar-refractivity contribution in [2.45, 2.75) is 26.3 Å². The number of aryl methyl sites for hydroxylation is 1. The molecule has 0 fully saturated rings. The number of aliphatic carboxylic acids is 1. The van der Waals surface area contributed by atoms with Crippen LogP contribution in [0.15, 0.2) is 24.3 Å². The summed E-state index contributed by atoms with van der Waals surface area (Å²) in [6.45, 7) is 3.25. The molecule has 0 unspecified atom stereocenters. The lowest BCUT2D eigenvalue weighted by molar-refractivity contribution is -0.141. The van der Waals surface area contributed by atoms with Crippen LogP contribution in [0.25, 0.3) is 0 Å². The summed E-state index contributed by atoms with van der Waals surface area (Å²) in [6.07, 6.45) is 0.302. The lowest BCUT2D eigenvalue weighted by atomic mass is 10.0. The minimum absolute atomic E-state index is 0.302. The van der Waals surface area contributed by atoms with Crippen LogP contribution in [0.1, 0.15) is 18.1 Å². The highest BCUT2D eigenvalue weighted by Gasteiger charge is 2.18. The summed E-state index contributed by atoms with van der Waals surface area (Å²) in [5.41, 5.74) is 1.98. The van der Waals surface area contributed by atoms with Crippen molar-refractivity contribution in [3.8, 4) is 0 Å². The van der Waals surface area contributed by atoms with Gasteiger partial charge >= 0.3 is 5.97 Å². The Hall–Kier alpha value is -1.84. The normalized spacial score (nSPS) is 11.9. The third-order valence-electron chi connectivity index (χ3n) is 2.20. The molecule has 0 saturated heterocycles. The maximum Gasteiger partial charge on any atom is 0.326 e. The van der Waals surface area contributed by atoms with E-state index in [4.69, 9.17) is 5.11 Å². The highest BCUT2D eigenvalue weighted by Crippen LogP contribution is 2.07. The van der Waals surface area contributed by atoms with E-state index in [2.05, 4.69) is 5.32 Å². The molecular weight excluding hydrogens is 206 g/mol. The molecule has 1 atom stereocenters. The lowest BCUT2D eigenvalue weighted by Gasteiger charge is -2.13. The summed E-state index contributed by atoms with van der Waals surface area (Å²) in [5, 5.41) is 11.3. The number of hydrogen-bond donors (Lipinski definition) is 2. The van der Waals surface area contributed by atoms with Gasteiger partial charge in [0.15, 0.2) is 0 Å². The molecule has 0 aromatic heterocycles. The number of carboxylic acids is 1. The van der Waals surface area contributed by atoms with Gasteiger partial charge in [-0.3, -0.25) is 4.79 Å². The van der Waals surface area contributed by atoms with E-state index in [1.807, 2.05) is 31.2 Å². The van der Waals surface area contributed by atoms with Crippen molar-refractivity contribution >= 4 is 11.9 Å². The van der Waals surface area contributed by atoms with Crippen LogP contribution in [0, 0.1) is 6.92 Å². The zero-order chi connectivity index (χ0) is 12.1. The van der Waals surface area contributed by atoms with Gasteiger partial charge in [-0.15, -0.1) is 0 Å². The van der Waals surface area contributed by atoms with Crippen molar-refractivity contribution in [2.24, 2.45) is 0 Å². The van der Waals surface area contributed by atoms with Crippen LogP contribution in [0.3, 0.4) is 0 Å². The molecule has 0 radical (unpaired) electrons. The van der Waals surface area contributed by atoms with Gasteiger partial charge in [-0.2, -0.15) is 0 Å². The van der Waals surface area contributed by atoms with E-state index in [0.29, 0.717) is 6.42 Å². The van der Waals surface area contributed by atoms with Gasteiger partial charge in [-0.05, 0) is 12.5 Å². The van der Waals surface area contributed by atoms with E-state index in [-0.39, 0.29) is 5.91 Å². The predicted molar refractivity (Wildman–Crippen MR) is 60.1 cm³/mol. The van der Waals surface area contributed by atoms with E-state index < -0.39 is 12.0 Å². The first-order valence-corrected chi connectivity index (χ1v) is 5.04. The predicted octanol–water partition coefficient (Wildman–Crippen LogP) is 1.13. The third kappa shape index (κ3) is 3.73. The first-order valence-electron chi connectivity index (χ1n) is 5.04. The molecule has 4 heteroatoms. The highest BCUT2D eigenvalue weighted by atomic mass is 16.4. The average molecular weight is 221 g/mol. The quantitative estimate of drug-likeness (QED) is 0.800. The Morgan fingerprint density at radius 3 is 2.62 bits per heavy atom. The molecule has 0 aliphatic carbocycles. The molecule has 16 heavy (non-hydrogen) atoms. The van der Waals surface area contributed by atoms with Gasteiger partial charge in [-0.1, -0.05) is 29.8 Å². The number of amides is 1. The zero-order valence-corrected chi connectivity index (χ0v) is 9.36. The number of nitrogens with one attached hydrogen (secondary N) is 1. The SMILES string of the molecule is CC(=O)N[C@@H](Cc1cccc(C)c1)C(=O)O. The van der Waals surface area contributed by atoms with Crippen LogP contribution >= 0.6 is 0 Å². The van der Waals surface area contributed by atoms with Gasteiger partial charge in [-0.25, -0.2) is 4.79 Å². The average Bonchev–Trinajstić information content (AvgIpc) is 2.15. The Kier molecular flexibility index (Phi) is 4.05. The van der Waals surface area contributed by atoms with Gasteiger partial charge in [0.1, 0.15) is 6.04 Å². The summed E-state index contributed by atoms with van der Waals surface area (Å²) in [4.78, 5) is 21.8. The number of rotatable bonds is 4. The molecule has 2 N–H and O–H groups in total. The molecule has 0 bridgehead atoms. The number of hydrogen-bond acceptors (Lipinski definition) is 2. The standard InChI is InChI=1S/C12H15NO3/c1-8-4-3-5-10(6-8)7-11(12(15)16)13-9(2)14/h3-6,11H,7H2,1-2H3,(H,13,14)(H,15,16)/t11-/m0/s1. The van der Waals surface area contributed by atoms with E-state index in [1.165, 1.54) is 6.92 Å². The van der Waals surface area contributed by atoms with E-state index in [1.54, 1.807) is 0 Å². The minimum Gasteiger partial charge on any atom is -0.480 e. The molecule has 1 aromatic rings. The monoisotopic (exact) mass is 221 g/mol. The highest BCUT2D eigenvalue weighted by molar-refractivity contribution is 5.82. The molecule has 0 aliphatic rings. The second-order valence-corrected chi connectivity index (χ2v) is 3.78. The number of carbonyl (C=O) groups is 2. The first-order chi connectivity index (χ1) is 7.49. The van der Waals surface area contributed by atoms with Crippen molar-refractivity contribution in [3.05, 3.63) is 35.4 Å². The first kappa shape index (κ1) is 12.2. The summed E-state index contributed by atoms with van der Waals surface area (Å²) in [6, 6.07) is 6.72. The van der Waals surface area contributed by atoms with Gasteiger partial charge in [0.25, 0.3) is 0 Å². The largest absolute Gasteiger partial charge is 0.480 e. The molecule has 1 rings (SSSR count). The van der Waals surface area contributed by atoms with E-state index >= 15 is 0 Å². The summed E-state index contributed by atoms with van der Waals surface area (Å²) < 4.78 is 0. The number of carboxylic acid groups (broad SMARTS) is 1. The van der Waals surface area contributed by atoms with Crippen molar-refractivity contribution in [2.75, 3.05) is 0 Å². The van der Waals surface area contributed by atoms with Crippen LogP contribution in [0.2, 0.25) is 0 Å². The molecular formula is C12H15NO3. The van der Waals surface area contributed by atoms with Crippen molar-refractivity contribution < 1.29 is 14.7 Å². The lowest BCUT2D eigenvalue weighted by Crippen LogP contribution is -2.41. The maximum atomic E-state index is 10.9. The summed E-state index contributed by atoms with van der Waals surface area (Å²) >= 11 is 0. The van der Waals surface area contributed by atoms with Crippen molar-refractivity contribution in [1.82, 2.24) is 5.32 Å². The Balaban J connectivity index is 2.75. The topological polar surface area (TPSA) is 66.4 Å². The zero-order valence-electron chi connectivity index (χ0n) is 9.36. The fourth-order valence-corrected chi connectivity index (χ4v) is 1.52. The summed E-state index contributed by atoms with van der Waals surface area (Å²) in [7, 11) is 0. The number of carbonyl (C=O) groups excluding carboxylic acids is 1. The summed E-state index contributed by atoms with van der Waals surface area (Å²) in [5.74, 6) is -1.35. The fraction of sp³-hybridized carbons (Fsp3) is 0.333. The minimum atomic E-state index is -1.02. The molecule has 86 valence electrons. The van der Waals surface area contributed by atoms with Crippen molar-refractivity contribution in [1.29, 1.82) is 0 Å². The molecule has 0 aliphatic heterocycles. The second kappa shape index (κ2) is 5.30. The van der Waals surface area contributed by atoms with Crippen LogP contribution in [-0.2, 0) is 16.0 Å². The van der Waals surface area contributed by atoms with E-state index in [9.17, 15) is 9.59 Å². The third-order valence-corrected chi connectivity index (χ3v) is 2.20. The maximum absolute atomic E-state index is 10.9. The van der Waals surface area contributed by atoms with Crippen LogP contribution in [0.5, 0.6) is 0 Å². The Labute approximate surface area is 94.3 Å². The molecule has 0 spiro atoms. The molecule has 4 nitrogen and oxygen atoms in total. The molecule has 0 saturated carbocycles. The molecule has 1 aromatic carbocycles.